The van der Waals surface area contributed by atoms with E-state index in [4.69, 9.17) is 14.6 Å². The lowest BCUT2D eigenvalue weighted by atomic mass is 10.1. The molecule has 3 atom stereocenters. The van der Waals surface area contributed by atoms with Crippen LogP contribution < -0.4 is 14.2 Å². The van der Waals surface area contributed by atoms with Crippen LogP contribution in [0.25, 0.3) is 0 Å². The van der Waals surface area contributed by atoms with Gasteiger partial charge in [-0.15, -0.1) is 0 Å². The molecule has 3 unspecified atom stereocenters. The van der Waals surface area contributed by atoms with E-state index in [1.807, 2.05) is 0 Å². The molecule has 1 N–H and O–H groups in total. The fourth-order valence-electron chi connectivity index (χ4n) is 3.61. The summed E-state index contributed by atoms with van der Waals surface area (Å²) in [5.74, 6) is -2.36. The normalized spacial score (nSPS) is 22.0. The van der Waals surface area contributed by atoms with Crippen molar-refractivity contribution in [3.63, 3.8) is 0 Å². The average Bonchev–Trinajstić information content (AvgIpc) is 3.20. The zero-order valence-electron chi connectivity index (χ0n) is 14.7. The molecule has 0 aromatic heterocycles. The summed E-state index contributed by atoms with van der Waals surface area (Å²) in [6.45, 7) is -2.33. The quantitative estimate of drug-likeness (QED) is 0.698. The highest BCUT2D eigenvalue weighted by Gasteiger charge is 2.63. The van der Waals surface area contributed by atoms with E-state index >= 15 is 0 Å². The van der Waals surface area contributed by atoms with Gasteiger partial charge >= 0.3 is 18.8 Å². The van der Waals surface area contributed by atoms with Crippen LogP contribution >= 0.6 is 0 Å². The summed E-state index contributed by atoms with van der Waals surface area (Å²) in [6.07, 6.45) is -5.21. The van der Waals surface area contributed by atoms with Gasteiger partial charge in [0, 0.05) is 23.1 Å². The maximum atomic E-state index is 13.1. The van der Waals surface area contributed by atoms with Crippen molar-refractivity contribution in [2.45, 2.75) is 31.7 Å². The molecule has 154 valence electrons. The SMILES string of the molecule is Cc1c(C(F)(F)F)ccc(Oc2ccc3c(c2)OC2C(C(=O)O)C32)c1OC(F)F. The Morgan fingerprint density at radius 3 is 2.55 bits per heavy atom. The number of rotatable bonds is 5. The Hall–Kier alpha value is -3.04. The maximum absolute atomic E-state index is 13.1. The van der Waals surface area contributed by atoms with Gasteiger partial charge in [0.05, 0.1) is 5.56 Å². The average molecular weight is 416 g/mol. The van der Waals surface area contributed by atoms with Crippen LogP contribution in [0, 0.1) is 12.8 Å². The Morgan fingerprint density at radius 1 is 1.21 bits per heavy atom. The highest BCUT2D eigenvalue weighted by molar-refractivity contribution is 5.79. The number of fused-ring (bicyclic) bond motifs is 3. The number of alkyl halides is 5. The third-order valence-electron chi connectivity index (χ3n) is 4.96. The minimum Gasteiger partial charge on any atom is -0.488 e. The predicted octanol–water partition coefficient (Wildman–Crippen LogP) is 4.97. The van der Waals surface area contributed by atoms with Gasteiger partial charge in [0.1, 0.15) is 23.5 Å². The number of ether oxygens (including phenoxy) is 3. The van der Waals surface area contributed by atoms with Crippen LogP contribution in [0.4, 0.5) is 22.0 Å². The molecule has 2 aromatic carbocycles. The monoisotopic (exact) mass is 416 g/mol. The largest absolute Gasteiger partial charge is 0.488 e. The number of carboxylic acids is 1. The zero-order chi connectivity index (χ0) is 21.1. The van der Waals surface area contributed by atoms with Crippen molar-refractivity contribution in [2.24, 2.45) is 5.92 Å². The molecular weight excluding hydrogens is 403 g/mol. The Kier molecular flexibility index (Phi) is 4.32. The first kappa shape index (κ1) is 19.3. The highest BCUT2D eigenvalue weighted by Crippen LogP contribution is 2.59. The van der Waals surface area contributed by atoms with Crippen LogP contribution in [-0.2, 0) is 11.0 Å². The first-order chi connectivity index (χ1) is 13.6. The lowest BCUT2D eigenvalue weighted by molar-refractivity contribution is -0.139. The number of benzene rings is 2. The van der Waals surface area contributed by atoms with E-state index < -0.39 is 47.7 Å². The summed E-state index contributed by atoms with van der Waals surface area (Å²) in [6, 6.07) is 6.10. The summed E-state index contributed by atoms with van der Waals surface area (Å²) in [4.78, 5) is 11.1. The van der Waals surface area contributed by atoms with E-state index in [9.17, 15) is 26.7 Å². The molecule has 1 saturated carbocycles. The van der Waals surface area contributed by atoms with Gasteiger partial charge in [0.2, 0.25) is 0 Å². The van der Waals surface area contributed by atoms with Crippen LogP contribution in [0.2, 0.25) is 0 Å². The Labute approximate surface area is 160 Å². The first-order valence-electron chi connectivity index (χ1n) is 8.45. The summed E-state index contributed by atoms with van der Waals surface area (Å²) in [5.41, 5.74) is -0.960. The topological polar surface area (TPSA) is 65.0 Å². The van der Waals surface area contributed by atoms with Gasteiger partial charge in [-0.2, -0.15) is 22.0 Å². The molecule has 2 aromatic rings. The summed E-state index contributed by atoms with van der Waals surface area (Å²) >= 11 is 0. The van der Waals surface area contributed by atoms with Gasteiger partial charge < -0.3 is 19.3 Å². The van der Waals surface area contributed by atoms with Crippen LogP contribution in [0.1, 0.15) is 22.6 Å². The summed E-state index contributed by atoms with van der Waals surface area (Å²) < 4.78 is 80.0. The molecule has 1 aliphatic heterocycles. The Morgan fingerprint density at radius 2 is 1.93 bits per heavy atom. The van der Waals surface area contributed by atoms with Gasteiger partial charge in [0.15, 0.2) is 11.5 Å². The number of halogens is 5. The molecule has 10 heteroatoms. The fourth-order valence-corrected chi connectivity index (χ4v) is 3.61. The molecule has 4 rings (SSSR count). The van der Waals surface area contributed by atoms with E-state index in [-0.39, 0.29) is 17.4 Å². The second-order valence-electron chi connectivity index (χ2n) is 6.72. The molecule has 0 amide bonds. The third kappa shape index (κ3) is 3.32. The van der Waals surface area contributed by atoms with Crippen molar-refractivity contribution < 1.29 is 46.1 Å². The summed E-state index contributed by atoms with van der Waals surface area (Å²) in [7, 11) is 0. The van der Waals surface area contributed by atoms with Crippen molar-refractivity contribution in [1.82, 2.24) is 0 Å². The predicted molar refractivity (Wildman–Crippen MR) is 87.6 cm³/mol. The van der Waals surface area contributed by atoms with E-state index in [1.165, 1.54) is 12.1 Å². The number of hydrogen-bond donors (Lipinski definition) is 1. The van der Waals surface area contributed by atoms with E-state index in [2.05, 4.69) is 4.74 Å². The number of carboxylic acid groups (broad SMARTS) is 1. The van der Waals surface area contributed by atoms with Crippen molar-refractivity contribution in [2.75, 3.05) is 0 Å². The zero-order valence-corrected chi connectivity index (χ0v) is 14.7. The standard InChI is InChI=1S/C19H13F5O5/c1-7-10(19(22,23)24)4-5-11(15(7)29-18(20)21)27-8-2-3-9-12(6-8)28-16-13(9)14(16)17(25)26/h2-6,13-14,16,18H,1H3,(H,25,26). The van der Waals surface area contributed by atoms with Crippen molar-refractivity contribution >= 4 is 5.97 Å². The van der Waals surface area contributed by atoms with E-state index in [0.717, 1.165) is 19.1 Å². The number of carbonyl (C=O) groups is 1. The van der Waals surface area contributed by atoms with Crippen LogP contribution in [0.3, 0.4) is 0 Å². The van der Waals surface area contributed by atoms with Crippen LogP contribution in [0.15, 0.2) is 30.3 Å². The van der Waals surface area contributed by atoms with Crippen molar-refractivity contribution in [1.29, 1.82) is 0 Å². The van der Waals surface area contributed by atoms with Gasteiger partial charge in [-0.25, -0.2) is 0 Å². The van der Waals surface area contributed by atoms with E-state index in [1.54, 1.807) is 6.07 Å². The first-order valence-corrected chi connectivity index (χ1v) is 8.45. The number of aliphatic carboxylic acids is 1. The lowest BCUT2D eigenvalue weighted by Gasteiger charge is -2.18. The lowest BCUT2D eigenvalue weighted by Crippen LogP contribution is -2.11. The second-order valence-corrected chi connectivity index (χ2v) is 6.72. The van der Waals surface area contributed by atoms with Crippen LogP contribution in [0.5, 0.6) is 23.0 Å². The maximum Gasteiger partial charge on any atom is 0.416 e. The van der Waals surface area contributed by atoms with Crippen molar-refractivity contribution in [3.8, 4) is 23.0 Å². The third-order valence-corrected chi connectivity index (χ3v) is 4.96. The number of hydrogen-bond acceptors (Lipinski definition) is 4. The molecule has 1 fully saturated rings. The molecule has 5 nitrogen and oxygen atoms in total. The van der Waals surface area contributed by atoms with Crippen molar-refractivity contribution in [3.05, 3.63) is 47.0 Å². The van der Waals surface area contributed by atoms with Gasteiger partial charge in [-0.1, -0.05) is 6.07 Å². The molecule has 1 aliphatic carbocycles. The highest BCUT2D eigenvalue weighted by atomic mass is 19.4. The molecule has 0 spiro atoms. The fraction of sp³-hybridized carbons (Fsp3) is 0.316. The minimum atomic E-state index is -4.74. The van der Waals surface area contributed by atoms with Crippen LogP contribution in [-0.4, -0.2) is 23.8 Å². The van der Waals surface area contributed by atoms with E-state index in [0.29, 0.717) is 11.3 Å². The van der Waals surface area contributed by atoms with Gasteiger partial charge in [-0.3, -0.25) is 4.79 Å². The molecule has 2 aliphatic rings. The molecule has 0 bridgehead atoms. The van der Waals surface area contributed by atoms with Gasteiger partial charge in [-0.05, 0) is 25.1 Å². The molecule has 0 saturated heterocycles. The molecular formula is C19H13F5O5. The molecule has 0 radical (unpaired) electrons. The minimum absolute atomic E-state index is 0.121. The smallest absolute Gasteiger partial charge is 0.416 e. The summed E-state index contributed by atoms with van der Waals surface area (Å²) in [5, 5.41) is 9.08. The molecule has 1 heterocycles. The Bertz CT molecular complexity index is 988. The molecule has 29 heavy (non-hydrogen) atoms. The Balaban J connectivity index is 1.63. The second kappa shape index (κ2) is 6.50. The van der Waals surface area contributed by atoms with Gasteiger partial charge in [0.25, 0.3) is 0 Å².